The van der Waals surface area contributed by atoms with Crippen LogP contribution in [0.4, 0.5) is 0 Å². The molecular weight excluding hydrogens is 198 g/mol. The minimum absolute atomic E-state index is 0.192. The van der Waals surface area contributed by atoms with Gasteiger partial charge in [0.25, 0.3) is 0 Å². The van der Waals surface area contributed by atoms with Gasteiger partial charge in [0.2, 0.25) is 0 Å². The number of nitrogens with zero attached hydrogens (tertiary/aromatic N) is 2. The monoisotopic (exact) mass is 215 g/mol. The van der Waals surface area contributed by atoms with Gasteiger partial charge >= 0.3 is 0 Å². The molecule has 0 spiro atoms. The average molecular weight is 215 g/mol. The molecule has 1 aliphatic carbocycles. The molecule has 0 amide bonds. The van der Waals surface area contributed by atoms with Gasteiger partial charge in [-0.05, 0) is 11.5 Å². The van der Waals surface area contributed by atoms with E-state index in [4.69, 9.17) is 5.73 Å². The molecule has 0 unspecified atom stereocenters. The fourth-order valence-corrected chi connectivity index (χ4v) is 2.67. The number of fused-ring (bicyclic) bond motifs is 1. The first-order valence-electron chi connectivity index (χ1n) is 5.70. The third-order valence-electron chi connectivity index (χ3n) is 3.99. The van der Waals surface area contributed by atoms with Gasteiger partial charge in [-0.25, -0.2) is 0 Å². The number of hydrogen-bond acceptors (Lipinski definition) is 2. The van der Waals surface area contributed by atoms with Crippen LogP contribution in [0.3, 0.4) is 0 Å². The normalized spacial score (nSPS) is 27.2. The topological polar surface area (TPSA) is 43.8 Å². The maximum absolute atomic E-state index is 6.13. The van der Waals surface area contributed by atoms with Gasteiger partial charge in [0.1, 0.15) is 0 Å². The van der Waals surface area contributed by atoms with E-state index in [9.17, 15) is 0 Å². The second-order valence-corrected chi connectivity index (χ2v) is 5.35. The smallest absolute Gasteiger partial charge is 0.0755 e. The summed E-state index contributed by atoms with van der Waals surface area (Å²) in [7, 11) is 1.99. The highest BCUT2D eigenvalue weighted by molar-refractivity contribution is 5.83. The predicted molar refractivity (Wildman–Crippen MR) is 65.2 cm³/mol. The maximum atomic E-state index is 6.13. The average Bonchev–Trinajstić information content (AvgIpc) is 2.60. The van der Waals surface area contributed by atoms with Gasteiger partial charge < -0.3 is 5.73 Å². The zero-order valence-corrected chi connectivity index (χ0v) is 9.94. The van der Waals surface area contributed by atoms with E-state index in [1.54, 1.807) is 0 Å². The molecule has 16 heavy (non-hydrogen) atoms. The van der Waals surface area contributed by atoms with E-state index < -0.39 is 0 Å². The molecule has 2 aromatic rings. The molecule has 0 saturated heterocycles. The molecule has 3 nitrogen and oxygen atoms in total. The summed E-state index contributed by atoms with van der Waals surface area (Å²) < 4.78 is 1.95. The van der Waals surface area contributed by atoms with Crippen LogP contribution in [0.1, 0.15) is 25.5 Å². The van der Waals surface area contributed by atoms with Gasteiger partial charge in [0.05, 0.1) is 11.2 Å². The lowest BCUT2D eigenvalue weighted by Crippen LogP contribution is -2.06. The highest BCUT2D eigenvalue weighted by Gasteiger charge is 2.57. The highest BCUT2D eigenvalue weighted by Crippen LogP contribution is 2.57. The van der Waals surface area contributed by atoms with Gasteiger partial charge in [0.15, 0.2) is 0 Å². The molecule has 0 radical (unpaired) electrons. The SMILES string of the molecule is Cn1nc([C@@H]2[C@@H](N)C2(C)C)c2ccccc21. The van der Waals surface area contributed by atoms with Crippen molar-refractivity contribution < 1.29 is 0 Å². The van der Waals surface area contributed by atoms with Crippen molar-refractivity contribution in [2.45, 2.75) is 25.8 Å². The molecular formula is C13H17N3. The van der Waals surface area contributed by atoms with Gasteiger partial charge in [-0.1, -0.05) is 32.0 Å². The van der Waals surface area contributed by atoms with Crippen LogP contribution in [0.25, 0.3) is 10.9 Å². The Balaban J connectivity index is 2.19. The lowest BCUT2D eigenvalue weighted by atomic mass is 10.1. The molecule has 1 aliphatic rings. The van der Waals surface area contributed by atoms with Gasteiger partial charge in [-0.3, -0.25) is 4.68 Å². The molecule has 2 N–H and O–H groups in total. The molecule has 1 saturated carbocycles. The summed E-state index contributed by atoms with van der Waals surface area (Å²) in [5, 5.41) is 5.88. The molecule has 1 heterocycles. The summed E-state index contributed by atoms with van der Waals surface area (Å²) in [6.07, 6.45) is 0. The Bertz CT molecular complexity index is 553. The van der Waals surface area contributed by atoms with Crippen molar-refractivity contribution in [3.63, 3.8) is 0 Å². The Morgan fingerprint density at radius 2 is 1.94 bits per heavy atom. The lowest BCUT2D eigenvalue weighted by Gasteiger charge is -1.98. The number of aromatic nitrogens is 2. The summed E-state index contributed by atoms with van der Waals surface area (Å²) in [5.74, 6) is 0.401. The van der Waals surface area contributed by atoms with Gasteiger partial charge in [-0.2, -0.15) is 5.10 Å². The van der Waals surface area contributed by atoms with Crippen LogP contribution in [0.2, 0.25) is 0 Å². The Morgan fingerprint density at radius 3 is 2.56 bits per heavy atom. The van der Waals surface area contributed by atoms with Crippen molar-refractivity contribution in [2.75, 3.05) is 0 Å². The van der Waals surface area contributed by atoms with Crippen LogP contribution < -0.4 is 5.73 Å². The van der Waals surface area contributed by atoms with E-state index in [1.807, 2.05) is 17.8 Å². The van der Waals surface area contributed by atoms with Crippen LogP contribution >= 0.6 is 0 Å². The molecule has 3 heteroatoms. The van der Waals surface area contributed by atoms with E-state index in [0.29, 0.717) is 5.92 Å². The van der Waals surface area contributed by atoms with E-state index in [2.05, 4.69) is 37.1 Å². The lowest BCUT2D eigenvalue weighted by molar-refractivity contribution is 0.592. The van der Waals surface area contributed by atoms with Crippen LogP contribution in [-0.2, 0) is 7.05 Å². The van der Waals surface area contributed by atoms with E-state index in [-0.39, 0.29) is 11.5 Å². The van der Waals surface area contributed by atoms with Crippen LogP contribution in [0, 0.1) is 5.41 Å². The van der Waals surface area contributed by atoms with E-state index >= 15 is 0 Å². The fourth-order valence-electron chi connectivity index (χ4n) is 2.67. The Hall–Kier alpha value is -1.35. The number of benzene rings is 1. The quantitative estimate of drug-likeness (QED) is 0.791. The second-order valence-electron chi connectivity index (χ2n) is 5.35. The molecule has 0 bridgehead atoms. The van der Waals surface area contributed by atoms with Gasteiger partial charge in [-0.15, -0.1) is 0 Å². The first kappa shape index (κ1) is 9.85. The van der Waals surface area contributed by atoms with Crippen LogP contribution in [0.5, 0.6) is 0 Å². The molecule has 1 fully saturated rings. The maximum Gasteiger partial charge on any atom is 0.0755 e. The summed E-state index contributed by atoms with van der Waals surface area (Å²) >= 11 is 0. The van der Waals surface area contributed by atoms with Crippen molar-refractivity contribution in [3.8, 4) is 0 Å². The van der Waals surface area contributed by atoms with Gasteiger partial charge in [0, 0.05) is 24.4 Å². The number of rotatable bonds is 1. The summed E-state index contributed by atoms with van der Waals surface area (Å²) in [5.41, 5.74) is 8.67. The zero-order valence-electron chi connectivity index (χ0n) is 9.94. The molecule has 0 aliphatic heterocycles. The Labute approximate surface area is 95.2 Å². The van der Waals surface area contributed by atoms with Crippen molar-refractivity contribution in [2.24, 2.45) is 18.2 Å². The van der Waals surface area contributed by atoms with Crippen molar-refractivity contribution in [1.82, 2.24) is 9.78 Å². The highest BCUT2D eigenvalue weighted by atomic mass is 15.3. The molecule has 1 aromatic heterocycles. The standard InChI is InChI=1S/C13H17N3/c1-13(2)10(12(13)14)11-8-6-4-5-7-9(8)16(3)15-11/h4-7,10,12H,14H2,1-3H3/t10-,12-/m1/s1. The van der Waals surface area contributed by atoms with E-state index in [1.165, 1.54) is 10.9 Å². The first-order valence-corrected chi connectivity index (χ1v) is 5.70. The summed E-state index contributed by atoms with van der Waals surface area (Å²) in [6, 6.07) is 8.59. The second kappa shape index (κ2) is 2.86. The Kier molecular flexibility index (Phi) is 1.76. The predicted octanol–water partition coefficient (Wildman–Crippen LogP) is 2.02. The minimum Gasteiger partial charge on any atom is -0.327 e. The number of para-hydroxylation sites is 1. The molecule has 84 valence electrons. The molecule has 3 rings (SSSR count). The zero-order chi connectivity index (χ0) is 11.5. The molecule has 1 aromatic carbocycles. The van der Waals surface area contributed by atoms with Crippen molar-refractivity contribution >= 4 is 10.9 Å². The van der Waals surface area contributed by atoms with Crippen molar-refractivity contribution in [3.05, 3.63) is 30.0 Å². The minimum atomic E-state index is 0.192. The number of nitrogens with two attached hydrogens (primary N) is 1. The summed E-state index contributed by atoms with van der Waals surface area (Å²) in [6.45, 7) is 4.43. The molecule has 2 atom stereocenters. The number of aryl methyl sites for hydroxylation is 1. The van der Waals surface area contributed by atoms with E-state index in [0.717, 1.165) is 5.69 Å². The van der Waals surface area contributed by atoms with Crippen LogP contribution in [0.15, 0.2) is 24.3 Å². The van der Waals surface area contributed by atoms with Crippen LogP contribution in [-0.4, -0.2) is 15.8 Å². The Morgan fingerprint density at radius 1 is 1.31 bits per heavy atom. The third-order valence-corrected chi connectivity index (χ3v) is 3.99. The largest absolute Gasteiger partial charge is 0.327 e. The summed E-state index contributed by atoms with van der Waals surface area (Å²) in [4.78, 5) is 0. The third kappa shape index (κ3) is 1.09. The number of hydrogen-bond donors (Lipinski definition) is 1. The van der Waals surface area contributed by atoms with Crippen molar-refractivity contribution in [1.29, 1.82) is 0 Å². The fraction of sp³-hybridized carbons (Fsp3) is 0.462. The first-order chi connectivity index (χ1) is 7.53.